The number of allylic oxidation sites excluding steroid dienone is 2. The van der Waals surface area contributed by atoms with E-state index in [0.29, 0.717) is 0 Å². The first-order valence-corrected chi connectivity index (χ1v) is 3.52. The average molecular weight is 126 g/mol. The van der Waals surface area contributed by atoms with E-state index in [2.05, 4.69) is 6.92 Å². The van der Waals surface area contributed by atoms with Gasteiger partial charge in [-0.05, 0) is 18.9 Å². The van der Waals surface area contributed by atoms with Crippen LogP contribution in [0.25, 0.3) is 0 Å². The summed E-state index contributed by atoms with van der Waals surface area (Å²) in [7, 11) is 0. The molecule has 0 rings (SSSR count). The van der Waals surface area contributed by atoms with Gasteiger partial charge in [-0.1, -0.05) is 25.8 Å². The number of carbonyl (C=O) groups is 1. The van der Waals surface area contributed by atoms with Gasteiger partial charge in [-0.2, -0.15) is 0 Å². The van der Waals surface area contributed by atoms with E-state index in [0.717, 1.165) is 12.7 Å². The molecule has 0 spiro atoms. The van der Waals surface area contributed by atoms with Gasteiger partial charge in [0, 0.05) is 0 Å². The molecule has 0 aliphatic carbocycles. The van der Waals surface area contributed by atoms with Crippen LogP contribution in [0.3, 0.4) is 0 Å². The molecule has 52 valence electrons. The van der Waals surface area contributed by atoms with Crippen LogP contribution >= 0.6 is 0 Å². The molecule has 0 saturated heterocycles. The van der Waals surface area contributed by atoms with E-state index < -0.39 is 0 Å². The maximum absolute atomic E-state index is 9.75. The predicted molar refractivity (Wildman–Crippen MR) is 39.3 cm³/mol. The average Bonchev–Trinajstić information content (AvgIpc) is 1.89. The fraction of sp³-hybridized carbons (Fsp3) is 0.625. The minimum Gasteiger partial charge on any atom is -0.299 e. The minimum atomic E-state index is 0.825. The van der Waals surface area contributed by atoms with Crippen LogP contribution in [0.1, 0.15) is 32.6 Å². The summed E-state index contributed by atoms with van der Waals surface area (Å²) in [5.41, 5.74) is 0. The van der Waals surface area contributed by atoms with E-state index in [-0.39, 0.29) is 0 Å². The largest absolute Gasteiger partial charge is 0.299 e. The second-order valence-electron chi connectivity index (χ2n) is 2.06. The van der Waals surface area contributed by atoms with Crippen molar-refractivity contribution in [2.75, 3.05) is 0 Å². The van der Waals surface area contributed by atoms with E-state index in [1.807, 2.05) is 6.08 Å². The normalized spacial score (nSPS) is 10.3. The monoisotopic (exact) mass is 126 g/mol. The lowest BCUT2D eigenvalue weighted by molar-refractivity contribution is -0.104. The highest BCUT2D eigenvalue weighted by Crippen LogP contribution is 1.98. The van der Waals surface area contributed by atoms with E-state index in [9.17, 15) is 4.79 Å². The third-order valence-electron chi connectivity index (χ3n) is 1.19. The lowest BCUT2D eigenvalue weighted by Gasteiger charge is -1.88. The van der Waals surface area contributed by atoms with Crippen molar-refractivity contribution in [2.45, 2.75) is 32.6 Å². The third-order valence-corrected chi connectivity index (χ3v) is 1.19. The smallest absolute Gasteiger partial charge is 0.142 e. The quantitative estimate of drug-likeness (QED) is 0.314. The maximum Gasteiger partial charge on any atom is 0.142 e. The second kappa shape index (κ2) is 7.41. The van der Waals surface area contributed by atoms with Gasteiger partial charge in [0.1, 0.15) is 6.29 Å². The number of hydrogen-bond donors (Lipinski definition) is 0. The fourth-order valence-corrected chi connectivity index (χ4v) is 0.664. The third kappa shape index (κ3) is 7.41. The molecule has 0 N–H and O–H groups in total. The zero-order chi connectivity index (χ0) is 6.95. The molecular formula is C8H14O. The summed E-state index contributed by atoms with van der Waals surface area (Å²) in [5, 5.41) is 0. The molecule has 0 aromatic rings. The van der Waals surface area contributed by atoms with E-state index in [1.54, 1.807) is 6.08 Å². The first-order valence-electron chi connectivity index (χ1n) is 3.52. The molecule has 0 aromatic carbocycles. The number of rotatable bonds is 5. The minimum absolute atomic E-state index is 0.825. The highest BCUT2D eigenvalue weighted by atomic mass is 16.1. The fourth-order valence-electron chi connectivity index (χ4n) is 0.664. The van der Waals surface area contributed by atoms with E-state index in [1.165, 1.54) is 19.3 Å². The first kappa shape index (κ1) is 8.41. The second-order valence-corrected chi connectivity index (χ2v) is 2.06. The van der Waals surface area contributed by atoms with Gasteiger partial charge < -0.3 is 0 Å². The molecule has 9 heavy (non-hydrogen) atoms. The molecule has 0 fully saturated rings. The Hall–Kier alpha value is -0.590. The van der Waals surface area contributed by atoms with E-state index in [4.69, 9.17) is 0 Å². The summed E-state index contributed by atoms with van der Waals surface area (Å²) < 4.78 is 0. The first-order chi connectivity index (χ1) is 4.41. The molecule has 0 heterocycles. The lowest BCUT2D eigenvalue weighted by atomic mass is 10.2. The summed E-state index contributed by atoms with van der Waals surface area (Å²) in [4.78, 5) is 9.75. The molecule has 0 bridgehead atoms. The highest BCUT2D eigenvalue weighted by molar-refractivity contribution is 5.64. The maximum atomic E-state index is 9.75. The van der Waals surface area contributed by atoms with Crippen LogP contribution in [-0.2, 0) is 4.79 Å². The van der Waals surface area contributed by atoms with Crippen molar-refractivity contribution >= 4 is 6.29 Å². The zero-order valence-electron chi connectivity index (χ0n) is 5.97. The van der Waals surface area contributed by atoms with Crippen molar-refractivity contribution < 1.29 is 4.79 Å². The summed E-state index contributed by atoms with van der Waals surface area (Å²) in [6, 6.07) is 0. The molecule has 0 radical (unpaired) electrons. The highest BCUT2D eigenvalue weighted by Gasteiger charge is 1.79. The number of aldehydes is 1. The van der Waals surface area contributed by atoms with Crippen LogP contribution in [0.5, 0.6) is 0 Å². The van der Waals surface area contributed by atoms with Gasteiger partial charge in [0.15, 0.2) is 0 Å². The van der Waals surface area contributed by atoms with Crippen LogP contribution in [-0.4, -0.2) is 6.29 Å². The topological polar surface area (TPSA) is 17.1 Å². The summed E-state index contributed by atoms with van der Waals surface area (Å²) in [5.74, 6) is 0. The standard InChI is InChI=1S/C8H14O/c1-2-3-4-5-6-7-8-9/h6-8H,2-5H2,1H3/b7-6-. The zero-order valence-corrected chi connectivity index (χ0v) is 5.97. The van der Waals surface area contributed by atoms with Crippen LogP contribution in [0, 0.1) is 0 Å². The Balaban J connectivity index is 2.90. The molecular weight excluding hydrogens is 112 g/mol. The molecule has 0 aromatic heterocycles. The van der Waals surface area contributed by atoms with Crippen LogP contribution < -0.4 is 0 Å². The van der Waals surface area contributed by atoms with Crippen molar-refractivity contribution in [3.05, 3.63) is 12.2 Å². The summed E-state index contributed by atoms with van der Waals surface area (Å²) in [6.45, 7) is 2.17. The van der Waals surface area contributed by atoms with E-state index >= 15 is 0 Å². The van der Waals surface area contributed by atoms with Crippen LogP contribution in [0.2, 0.25) is 0 Å². The SMILES string of the molecule is CCCCC/C=C\C=O. The molecule has 1 nitrogen and oxygen atoms in total. The number of unbranched alkanes of at least 4 members (excludes halogenated alkanes) is 3. The predicted octanol–water partition coefficient (Wildman–Crippen LogP) is 2.32. The van der Waals surface area contributed by atoms with Crippen molar-refractivity contribution in [3.63, 3.8) is 0 Å². The lowest BCUT2D eigenvalue weighted by Crippen LogP contribution is -1.70. The van der Waals surface area contributed by atoms with Gasteiger partial charge in [-0.3, -0.25) is 4.79 Å². The Morgan fingerprint density at radius 2 is 2.11 bits per heavy atom. The van der Waals surface area contributed by atoms with Crippen molar-refractivity contribution in [1.82, 2.24) is 0 Å². The molecule has 0 amide bonds. The molecule has 0 atom stereocenters. The molecule has 0 unspecified atom stereocenters. The Kier molecular flexibility index (Phi) is 6.92. The Bertz CT molecular complexity index is 84.6. The number of carbonyl (C=O) groups excluding carboxylic acids is 1. The van der Waals surface area contributed by atoms with Gasteiger partial charge >= 0.3 is 0 Å². The van der Waals surface area contributed by atoms with Gasteiger partial charge in [-0.15, -0.1) is 0 Å². The van der Waals surface area contributed by atoms with Gasteiger partial charge in [0.05, 0.1) is 0 Å². The van der Waals surface area contributed by atoms with Crippen LogP contribution in [0.15, 0.2) is 12.2 Å². The number of hydrogen-bond acceptors (Lipinski definition) is 1. The van der Waals surface area contributed by atoms with Crippen molar-refractivity contribution in [2.24, 2.45) is 0 Å². The van der Waals surface area contributed by atoms with Crippen LogP contribution in [0.4, 0.5) is 0 Å². The molecule has 0 saturated carbocycles. The Labute approximate surface area is 56.8 Å². The van der Waals surface area contributed by atoms with Gasteiger partial charge in [0.25, 0.3) is 0 Å². The molecule has 0 aliphatic heterocycles. The molecule has 0 aliphatic rings. The summed E-state index contributed by atoms with van der Waals surface area (Å²) >= 11 is 0. The van der Waals surface area contributed by atoms with Crippen molar-refractivity contribution in [1.29, 1.82) is 0 Å². The Morgan fingerprint density at radius 1 is 1.33 bits per heavy atom. The summed E-state index contributed by atoms with van der Waals surface area (Å²) in [6.07, 6.45) is 9.08. The van der Waals surface area contributed by atoms with Gasteiger partial charge in [0.2, 0.25) is 0 Å². The van der Waals surface area contributed by atoms with Crippen molar-refractivity contribution in [3.8, 4) is 0 Å². The van der Waals surface area contributed by atoms with Gasteiger partial charge in [-0.25, -0.2) is 0 Å². The Morgan fingerprint density at radius 3 is 2.67 bits per heavy atom. The molecule has 1 heteroatoms.